The predicted octanol–water partition coefficient (Wildman–Crippen LogP) is 2.57. The van der Waals surface area contributed by atoms with E-state index in [1.165, 1.54) is 19.5 Å². The Hall–Kier alpha value is -2.58. The highest BCUT2D eigenvalue weighted by Gasteiger charge is 2.12. The molecular formula is C18H24ClN5O3. The predicted molar refractivity (Wildman–Crippen MR) is 105 cm³/mol. The van der Waals surface area contributed by atoms with Gasteiger partial charge in [-0.05, 0) is 27.1 Å². The number of hydrogen-bond donors (Lipinski definition) is 2. The van der Waals surface area contributed by atoms with Crippen LogP contribution in [0.1, 0.15) is 16.9 Å². The first-order valence-electron chi connectivity index (χ1n) is 8.38. The normalized spacial score (nSPS) is 10.6. The van der Waals surface area contributed by atoms with Crippen LogP contribution in [0.4, 0.5) is 11.5 Å². The van der Waals surface area contributed by atoms with Crippen molar-refractivity contribution in [3.63, 3.8) is 0 Å². The Morgan fingerprint density at radius 1 is 1.15 bits per heavy atom. The molecule has 2 aromatic rings. The molecule has 0 aliphatic carbocycles. The fourth-order valence-electron chi connectivity index (χ4n) is 2.29. The quantitative estimate of drug-likeness (QED) is 0.633. The Morgan fingerprint density at radius 3 is 2.48 bits per heavy atom. The molecule has 1 aromatic heterocycles. The second-order valence-electron chi connectivity index (χ2n) is 6.01. The highest BCUT2D eigenvalue weighted by molar-refractivity contribution is 6.32. The zero-order valence-electron chi connectivity index (χ0n) is 15.9. The number of ether oxygens (including phenoxy) is 2. The summed E-state index contributed by atoms with van der Waals surface area (Å²) in [6, 6.07) is 3.35. The lowest BCUT2D eigenvalue weighted by molar-refractivity contribution is 0.0947. The van der Waals surface area contributed by atoms with Gasteiger partial charge in [-0.25, -0.2) is 9.97 Å². The van der Waals surface area contributed by atoms with E-state index < -0.39 is 0 Å². The molecule has 0 fully saturated rings. The maximum Gasteiger partial charge on any atom is 0.271 e. The molecule has 0 atom stereocenters. The van der Waals surface area contributed by atoms with Crippen molar-refractivity contribution in [3.05, 3.63) is 35.2 Å². The molecule has 27 heavy (non-hydrogen) atoms. The zero-order chi connectivity index (χ0) is 19.8. The summed E-state index contributed by atoms with van der Waals surface area (Å²) in [7, 11) is 7.05. The van der Waals surface area contributed by atoms with Crippen molar-refractivity contribution < 1.29 is 14.3 Å². The Kier molecular flexibility index (Phi) is 7.63. The number of nitrogens with one attached hydrogen (secondary N) is 2. The molecule has 0 radical (unpaired) electrons. The average Bonchev–Trinajstić information content (AvgIpc) is 2.66. The Labute approximate surface area is 163 Å². The fourth-order valence-corrected chi connectivity index (χ4v) is 2.52. The molecule has 0 bridgehead atoms. The van der Waals surface area contributed by atoms with Gasteiger partial charge in [-0.1, -0.05) is 11.6 Å². The van der Waals surface area contributed by atoms with Gasteiger partial charge in [0.1, 0.15) is 23.0 Å². The third-order valence-electron chi connectivity index (χ3n) is 3.69. The minimum Gasteiger partial charge on any atom is -0.495 e. The number of methoxy groups -OCH3 is 2. The molecule has 0 aliphatic rings. The van der Waals surface area contributed by atoms with Gasteiger partial charge in [0.05, 0.1) is 37.3 Å². The van der Waals surface area contributed by atoms with E-state index in [9.17, 15) is 4.79 Å². The summed E-state index contributed by atoms with van der Waals surface area (Å²) in [5.41, 5.74) is 0.875. The molecule has 0 unspecified atom stereocenters. The summed E-state index contributed by atoms with van der Waals surface area (Å²) in [4.78, 5) is 22.5. The van der Waals surface area contributed by atoms with E-state index in [1.807, 2.05) is 14.1 Å². The second kappa shape index (κ2) is 9.94. The number of rotatable bonds is 9. The average molecular weight is 394 g/mol. The number of amides is 1. The highest BCUT2D eigenvalue weighted by Crippen LogP contribution is 2.36. The third-order valence-corrected chi connectivity index (χ3v) is 3.98. The fraction of sp³-hybridized carbons (Fsp3) is 0.389. The summed E-state index contributed by atoms with van der Waals surface area (Å²) < 4.78 is 10.5. The van der Waals surface area contributed by atoms with Crippen LogP contribution in [0.15, 0.2) is 24.5 Å². The molecule has 1 heterocycles. The zero-order valence-corrected chi connectivity index (χ0v) is 16.6. The van der Waals surface area contributed by atoms with Gasteiger partial charge >= 0.3 is 0 Å². The SMILES string of the molecule is COc1cc(Nc2cnc(C(=O)NCCCN(C)C)cn2)c(OC)cc1Cl. The first-order chi connectivity index (χ1) is 12.9. The summed E-state index contributed by atoms with van der Waals surface area (Å²) in [5, 5.41) is 6.34. The van der Waals surface area contributed by atoms with Gasteiger partial charge in [-0.2, -0.15) is 0 Å². The van der Waals surface area contributed by atoms with Crippen LogP contribution in [0.2, 0.25) is 5.02 Å². The third kappa shape index (κ3) is 5.97. The van der Waals surface area contributed by atoms with Crippen LogP contribution in [0.3, 0.4) is 0 Å². The maximum absolute atomic E-state index is 12.1. The molecule has 1 amide bonds. The number of benzene rings is 1. The van der Waals surface area contributed by atoms with Crippen molar-refractivity contribution in [2.24, 2.45) is 0 Å². The molecule has 2 rings (SSSR count). The van der Waals surface area contributed by atoms with Gasteiger partial charge in [0.25, 0.3) is 5.91 Å². The van der Waals surface area contributed by atoms with Gasteiger partial charge in [0.2, 0.25) is 0 Å². The molecule has 9 heteroatoms. The Morgan fingerprint density at radius 2 is 1.89 bits per heavy atom. The lowest BCUT2D eigenvalue weighted by Crippen LogP contribution is -2.27. The van der Waals surface area contributed by atoms with Crippen LogP contribution in [-0.4, -0.2) is 62.2 Å². The molecule has 0 spiro atoms. The van der Waals surface area contributed by atoms with E-state index in [0.717, 1.165) is 13.0 Å². The lowest BCUT2D eigenvalue weighted by Gasteiger charge is -2.13. The summed E-state index contributed by atoms with van der Waals surface area (Å²) in [6.07, 6.45) is 3.77. The van der Waals surface area contributed by atoms with E-state index >= 15 is 0 Å². The molecule has 8 nitrogen and oxygen atoms in total. The molecule has 0 saturated heterocycles. The van der Waals surface area contributed by atoms with Crippen molar-refractivity contribution in [1.82, 2.24) is 20.2 Å². The first-order valence-corrected chi connectivity index (χ1v) is 8.76. The summed E-state index contributed by atoms with van der Waals surface area (Å²) in [6.45, 7) is 1.49. The largest absolute Gasteiger partial charge is 0.495 e. The highest BCUT2D eigenvalue weighted by atomic mass is 35.5. The van der Waals surface area contributed by atoms with Crippen LogP contribution >= 0.6 is 11.6 Å². The lowest BCUT2D eigenvalue weighted by atomic mass is 10.2. The number of anilines is 2. The van der Waals surface area contributed by atoms with Crippen molar-refractivity contribution >= 4 is 29.0 Å². The molecule has 1 aromatic carbocycles. The van der Waals surface area contributed by atoms with Gasteiger partial charge in [-0.3, -0.25) is 4.79 Å². The van der Waals surface area contributed by atoms with E-state index in [1.54, 1.807) is 19.2 Å². The van der Waals surface area contributed by atoms with Crippen molar-refractivity contribution in [1.29, 1.82) is 0 Å². The van der Waals surface area contributed by atoms with Crippen molar-refractivity contribution in [2.75, 3.05) is 46.7 Å². The number of carbonyl (C=O) groups excluding carboxylic acids is 1. The summed E-state index contributed by atoms with van der Waals surface area (Å²) in [5.74, 6) is 1.24. The second-order valence-corrected chi connectivity index (χ2v) is 6.42. The number of hydrogen-bond acceptors (Lipinski definition) is 7. The number of carbonyl (C=O) groups is 1. The van der Waals surface area contributed by atoms with E-state index in [4.69, 9.17) is 21.1 Å². The minimum absolute atomic E-state index is 0.251. The van der Waals surface area contributed by atoms with E-state index in [2.05, 4.69) is 25.5 Å². The molecule has 146 valence electrons. The molecule has 2 N–H and O–H groups in total. The monoisotopic (exact) mass is 393 g/mol. The van der Waals surface area contributed by atoms with Crippen LogP contribution in [-0.2, 0) is 0 Å². The van der Waals surface area contributed by atoms with Crippen LogP contribution < -0.4 is 20.1 Å². The Balaban J connectivity index is 2.02. The van der Waals surface area contributed by atoms with Crippen molar-refractivity contribution in [3.8, 4) is 11.5 Å². The topological polar surface area (TPSA) is 88.6 Å². The smallest absolute Gasteiger partial charge is 0.271 e. The van der Waals surface area contributed by atoms with Gasteiger partial charge < -0.3 is 25.0 Å². The van der Waals surface area contributed by atoms with Crippen LogP contribution in [0.5, 0.6) is 11.5 Å². The summed E-state index contributed by atoms with van der Waals surface area (Å²) >= 11 is 6.10. The molecule has 0 saturated carbocycles. The Bertz CT molecular complexity index is 768. The number of nitrogens with zero attached hydrogens (tertiary/aromatic N) is 3. The van der Waals surface area contributed by atoms with Crippen LogP contribution in [0.25, 0.3) is 0 Å². The maximum atomic E-state index is 12.1. The van der Waals surface area contributed by atoms with Gasteiger partial charge in [0, 0.05) is 18.7 Å². The van der Waals surface area contributed by atoms with Gasteiger partial charge in [0.15, 0.2) is 0 Å². The van der Waals surface area contributed by atoms with E-state index in [-0.39, 0.29) is 11.6 Å². The van der Waals surface area contributed by atoms with Crippen molar-refractivity contribution in [2.45, 2.75) is 6.42 Å². The van der Waals surface area contributed by atoms with E-state index in [0.29, 0.717) is 34.6 Å². The minimum atomic E-state index is -0.251. The number of halogens is 1. The first kappa shape index (κ1) is 20.7. The number of aromatic nitrogens is 2. The molecule has 0 aliphatic heterocycles. The van der Waals surface area contributed by atoms with Gasteiger partial charge in [-0.15, -0.1) is 0 Å². The van der Waals surface area contributed by atoms with Crippen LogP contribution in [0, 0.1) is 0 Å². The standard InChI is InChI=1S/C18H24ClN5O3/c1-24(2)7-5-6-20-18(25)14-10-22-17(11-21-14)23-13-9-15(26-3)12(19)8-16(13)27-4/h8-11H,5-7H2,1-4H3,(H,20,25)(H,22,23). The molecular weight excluding hydrogens is 370 g/mol.